The number of rotatable bonds is 4. The number of ether oxygens (including phenoxy) is 1. The summed E-state index contributed by atoms with van der Waals surface area (Å²) < 4.78 is 5.06. The summed E-state index contributed by atoms with van der Waals surface area (Å²) in [5.41, 5.74) is 0. The first-order valence-corrected chi connectivity index (χ1v) is 4.54. The topological polar surface area (TPSA) is 64.1 Å². The van der Waals surface area contributed by atoms with Gasteiger partial charge in [0.05, 0.1) is 0 Å². The summed E-state index contributed by atoms with van der Waals surface area (Å²) in [6.07, 6.45) is 5.30. The van der Waals surface area contributed by atoms with Crippen LogP contribution in [0.5, 0.6) is 6.01 Å². The molecular formula is C9H11N3O2. The van der Waals surface area contributed by atoms with E-state index in [0.29, 0.717) is 6.04 Å². The van der Waals surface area contributed by atoms with Gasteiger partial charge in [-0.3, -0.25) is 4.79 Å². The summed E-state index contributed by atoms with van der Waals surface area (Å²) in [6.45, 7) is -0.0134. The van der Waals surface area contributed by atoms with E-state index < -0.39 is 0 Å². The van der Waals surface area contributed by atoms with Crippen LogP contribution >= 0.6 is 0 Å². The van der Waals surface area contributed by atoms with Crippen molar-refractivity contribution in [1.82, 2.24) is 15.3 Å². The second kappa shape index (κ2) is 4.04. The van der Waals surface area contributed by atoms with E-state index >= 15 is 0 Å². The Labute approximate surface area is 81.5 Å². The van der Waals surface area contributed by atoms with Crippen LogP contribution in [-0.4, -0.2) is 28.5 Å². The first-order valence-electron chi connectivity index (χ1n) is 4.54. The molecule has 0 aliphatic heterocycles. The summed E-state index contributed by atoms with van der Waals surface area (Å²) >= 11 is 0. The maximum absolute atomic E-state index is 11.2. The summed E-state index contributed by atoms with van der Waals surface area (Å²) in [4.78, 5) is 18.8. The molecule has 0 saturated heterocycles. The Balaban J connectivity index is 1.73. The molecule has 1 heterocycles. The van der Waals surface area contributed by atoms with E-state index in [1.807, 2.05) is 0 Å². The standard InChI is InChI=1S/C9H11N3O2/c13-8(12-7-2-3-7)6-14-9-10-4-1-5-11-9/h1,4-5,7H,2-3,6H2,(H,12,13). The molecule has 2 rings (SSSR count). The molecule has 0 bridgehead atoms. The van der Waals surface area contributed by atoms with Crippen LogP contribution in [0.2, 0.25) is 0 Å². The van der Waals surface area contributed by atoms with Crippen LogP contribution in [-0.2, 0) is 4.79 Å². The van der Waals surface area contributed by atoms with Gasteiger partial charge in [0, 0.05) is 18.4 Å². The van der Waals surface area contributed by atoms with Crippen LogP contribution < -0.4 is 10.1 Å². The Kier molecular flexibility index (Phi) is 2.58. The molecule has 74 valence electrons. The third-order valence-electron chi connectivity index (χ3n) is 1.82. The average molecular weight is 193 g/mol. The highest BCUT2D eigenvalue weighted by atomic mass is 16.5. The predicted molar refractivity (Wildman–Crippen MR) is 48.7 cm³/mol. The molecule has 1 aromatic rings. The summed E-state index contributed by atoms with van der Waals surface area (Å²) in [5, 5.41) is 2.80. The number of nitrogens with zero attached hydrogens (tertiary/aromatic N) is 2. The first-order chi connectivity index (χ1) is 6.84. The van der Waals surface area contributed by atoms with E-state index in [2.05, 4.69) is 15.3 Å². The van der Waals surface area contributed by atoms with Crippen molar-refractivity contribution in [1.29, 1.82) is 0 Å². The van der Waals surface area contributed by atoms with Crippen molar-refractivity contribution in [3.63, 3.8) is 0 Å². The fourth-order valence-corrected chi connectivity index (χ4v) is 0.987. The zero-order valence-electron chi connectivity index (χ0n) is 7.64. The van der Waals surface area contributed by atoms with E-state index in [9.17, 15) is 4.79 Å². The Morgan fingerprint density at radius 1 is 1.50 bits per heavy atom. The molecule has 1 aromatic heterocycles. The van der Waals surface area contributed by atoms with Crippen LogP contribution in [0.4, 0.5) is 0 Å². The van der Waals surface area contributed by atoms with Crippen molar-refractivity contribution in [3.05, 3.63) is 18.5 Å². The molecule has 0 atom stereocenters. The summed E-state index contributed by atoms with van der Waals surface area (Å²) in [7, 11) is 0. The molecule has 0 unspecified atom stereocenters. The number of hydrogen-bond acceptors (Lipinski definition) is 4. The predicted octanol–water partition coefficient (Wildman–Crippen LogP) is 0.134. The molecule has 0 aromatic carbocycles. The molecule has 0 radical (unpaired) electrons. The quantitative estimate of drug-likeness (QED) is 0.738. The fraction of sp³-hybridized carbons (Fsp3) is 0.444. The van der Waals surface area contributed by atoms with Gasteiger partial charge < -0.3 is 10.1 Å². The molecule has 5 heteroatoms. The van der Waals surface area contributed by atoms with E-state index in [0.717, 1.165) is 12.8 Å². The number of amides is 1. The average Bonchev–Trinajstić information content (AvgIpc) is 3.00. The van der Waals surface area contributed by atoms with Gasteiger partial charge in [0.25, 0.3) is 5.91 Å². The smallest absolute Gasteiger partial charge is 0.316 e. The van der Waals surface area contributed by atoms with Crippen LogP contribution in [0.3, 0.4) is 0 Å². The highest BCUT2D eigenvalue weighted by Crippen LogP contribution is 2.18. The monoisotopic (exact) mass is 193 g/mol. The molecule has 0 spiro atoms. The molecule has 1 fully saturated rings. The fourth-order valence-electron chi connectivity index (χ4n) is 0.987. The Hall–Kier alpha value is -1.65. The highest BCUT2D eigenvalue weighted by molar-refractivity contribution is 5.78. The lowest BCUT2D eigenvalue weighted by atomic mass is 10.6. The van der Waals surface area contributed by atoms with Crippen molar-refractivity contribution in [2.45, 2.75) is 18.9 Å². The minimum absolute atomic E-state index is 0.0134. The van der Waals surface area contributed by atoms with E-state index in [-0.39, 0.29) is 18.5 Å². The number of carbonyl (C=O) groups excluding carboxylic acids is 1. The SMILES string of the molecule is O=C(COc1ncccn1)NC1CC1. The van der Waals surface area contributed by atoms with Gasteiger partial charge in [-0.15, -0.1) is 0 Å². The minimum atomic E-state index is -0.111. The number of hydrogen-bond donors (Lipinski definition) is 1. The van der Waals surface area contributed by atoms with Crippen LogP contribution in [0, 0.1) is 0 Å². The van der Waals surface area contributed by atoms with Gasteiger partial charge in [0.15, 0.2) is 6.61 Å². The third-order valence-corrected chi connectivity index (χ3v) is 1.82. The van der Waals surface area contributed by atoms with Crippen molar-refractivity contribution in [3.8, 4) is 6.01 Å². The molecule has 1 aliphatic carbocycles. The van der Waals surface area contributed by atoms with Gasteiger partial charge in [0.2, 0.25) is 0 Å². The van der Waals surface area contributed by atoms with Gasteiger partial charge in [-0.05, 0) is 18.9 Å². The van der Waals surface area contributed by atoms with Gasteiger partial charge in [0.1, 0.15) is 0 Å². The van der Waals surface area contributed by atoms with Crippen molar-refractivity contribution >= 4 is 5.91 Å². The zero-order chi connectivity index (χ0) is 9.80. The molecular weight excluding hydrogens is 182 g/mol. The summed E-state index contributed by atoms with van der Waals surface area (Å²) in [5.74, 6) is -0.111. The van der Waals surface area contributed by atoms with Gasteiger partial charge in [-0.25, -0.2) is 9.97 Å². The normalized spacial score (nSPS) is 14.9. The Morgan fingerprint density at radius 2 is 2.21 bits per heavy atom. The lowest BCUT2D eigenvalue weighted by Crippen LogP contribution is -2.30. The van der Waals surface area contributed by atoms with Crippen molar-refractivity contribution < 1.29 is 9.53 Å². The summed E-state index contributed by atoms with van der Waals surface area (Å²) in [6, 6.07) is 2.29. The van der Waals surface area contributed by atoms with Gasteiger partial charge in [-0.1, -0.05) is 0 Å². The maximum atomic E-state index is 11.2. The number of nitrogens with one attached hydrogen (secondary N) is 1. The first kappa shape index (κ1) is 8.93. The van der Waals surface area contributed by atoms with Crippen molar-refractivity contribution in [2.24, 2.45) is 0 Å². The lowest BCUT2D eigenvalue weighted by molar-refractivity contribution is -0.123. The van der Waals surface area contributed by atoms with E-state index in [1.54, 1.807) is 18.5 Å². The van der Waals surface area contributed by atoms with Gasteiger partial charge >= 0.3 is 6.01 Å². The van der Waals surface area contributed by atoms with Crippen LogP contribution in [0.25, 0.3) is 0 Å². The molecule has 1 N–H and O–H groups in total. The third kappa shape index (κ3) is 2.69. The largest absolute Gasteiger partial charge is 0.453 e. The number of aromatic nitrogens is 2. The second-order valence-electron chi connectivity index (χ2n) is 3.16. The molecule has 5 nitrogen and oxygen atoms in total. The lowest BCUT2D eigenvalue weighted by Gasteiger charge is -2.03. The maximum Gasteiger partial charge on any atom is 0.316 e. The van der Waals surface area contributed by atoms with Crippen molar-refractivity contribution in [2.75, 3.05) is 6.61 Å². The van der Waals surface area contributed by atoms with E-state index in [1.165, 1.54) is 0 Å². The van der Waals surface area contributed by atoms with E-state index in [4.69, 9.17) is 4.74 Å². The molecule has 14 heavy (non-hydrogen) atoms. The van der Waals surface area contributed by atoms with Crippen LogP contribution in [0.15, 0.2) is 18.5 Å². The molecule has 1 amide bonds. The molecule has 1 aliphatic rings. The second-order valence-corrected chi connectivity index (χ2v) is 3.16. The van der Waals surface area contributed by atoms with Crippen LogP contribution in [0.1, 0.15) is 12.8 Å². The number of carbonyl (C=O) groups is 1. The van der Waals surface area contributed by atoms with Gasteiger partial charge in [-0.2, -0.15) is 0 Å². The zero-order valence-corrected chi connectivity index (χ0v) is 7.64. The molecule has 1 saturated carbocycles. The Bertz CT molecular complexity index is 311. The Morgan fingerprint density at radius 3 is 2.86 bits per heavy atom. The minimum Gasteiger partial charge on any atom is -0.453 e. The highest BCUT2D eigenvalue weighted by Gasteiger charge is 2.23.